The Morgan fingerprint density at radius 1 is 0.967 bits per heavy atom. The number of amides is 1. The molecule has 3 rings (SSSR count). The number of methoxy groups -OCH3 is 1. The first-order valence-electron chi connectivity index (χ1n) is 9.61. The predicted octanol–water partition coefficient (Wildman–Crippen LogP) is 5.70. The van der Waals surface area contributed by atoms with E-state index in [4.69, 9.17) is 9.47 Å². The Kier molecular flexibility index (Phi) is 7.36. The van der Waals surface area contributed by atoms with Gasteiger partial charge in [-0.25, -0.2) is 0 Å². The van der Waals surface area contributed by atoms with E-state index in [-0.39, 0.29) is 12.5 Å². The topological polar surface area (TPSA) is 59.6 Å². The third-order valence-electron chi connectivity index (χ3n) is 4.58. The summed E-state index contributed by atoms with van der Waals surface area (Å²) in [5.74, 6) is 0.898. The summed E-state index contributed by atoms with van der Waals surface area (Å²) in [5.41, 5.74) is 5.03. The lowest BCUT2D eigenvalue weighted by Crippen LogP contribution is -2.20. The molecule has 6 heteroatoms. The zero-order valence-corrected chi connectivity index (χ0v) is 18.9. The highest BCUT2D eigenvalue weighted by atomic mass is 79.9. The largest absolute Gasteiger partial charge is 0.493 e. The summed E-state index contributed by atoms with van der Waals surface area (Å²) in [4.78, 5) is 12.3. The zero-order valence-electron chi connectivity index (χ0n) is 17.3. The third-order valence-corrected chi connectivity index (χ3v) is 5.11. The molecule has 0 aliphatic carbocycles. The number of ether oxygens (including phenoxy) is 2. The second-order valence-corrected chi connectivity index (χ2v) is 7.92. The van der Waals surface area contributed by atoms with E-state index < -0.39 is 0 Å². The number of anilines is 2. The van der Waals surface area contributed by atoms with Crippen LogP contribution in [0.15, 0.2) is 65.1 Å². The summed E-state index contributed by atoms with van der Waals surface area (Å²) in [6, 6.07) is 19.6. The lowest BCUT2D eigenvalue weighted by atomic mass is 10.1. The predicted molar refractivity (Wildman–Crippen MR) is 125 cm³/mol. The van der Waals surface area contributed by atoms with Crippen molar-refractivity contribution in [1.82, 2.24) is 0 Å². The molecular formula is C24H25BrN2O3. The first-order valence-corrected chi connectivity index (χ1v) is 10.4. The highest BCUT2D eigenvalue weighted by Gasteiger charge is 2.10. The van der Waals surface area contributed by atoms with Gasteiger partial charge < -0.3 is 20.1 Å². The molecule has 0 aliphatic rings. The first-order chi connectivity index (χ1) is 14.4. The van der Waals surface area contributed by atoms with E-state index in [1.54, 1.807) is 7.11 Å². The van der Waals surface area contributed by atoms with Crippen molar-refractivity contribution in [2.45, 2.75) is 20.4 Å². The van der Waals surface area contributed by atoms with Crippen LogP contribution in [-0.2, 0) is 11.3 Å². The molecule has 3 aromatic carbocycles. The average Bonchev–Trinajstić information content (AvgIpc) is 2.74. The molecule has 0 aromatic heterocycles. The number of benzene rings is 3. The number of carbonyl (C=O) groups excluding carboxylic acids is 1. The second-order valence-electron chi connectivity index (χ2n) is 7.00. The van der Waals surface area contributed by atoms with Crippen LogP contribution in [0, 0.1) is 13.8 Å². The van der Waals surface area contributed by atoms with Gasteiger partial charge in [-0.15, -0.1) is 0 Å². The van der Waals surface area contributed by atoms with Gasteiger partial charge in [0, 0.05) is 22.4 Å². The number of aryl methyl sites for hydroxylation is 2. The summed E-state index contributed by atoms with van der Waals surface area (Å²) < 4.78 is 12.2. The van der Waals surface area contributed by atoms with Gasteiger partial charge >= 0.3 is 0 Å². The fourth-order valence-corrected chi connectivity index (χ4v) is 3.26. The summed E-state index contributed by atoms with van der Waals surface area (Å²) in [5, 5.41) is 6.25. The Bertz CT molecular complexity index is 1020. The van der Waals surface area contributed by atoms with Crippen LogP contribution in [0.3, 0.4) is 0 Å². The molecule has 0 radical (unpaired) electrons. The van der Waals surface area contributed by atoms with Gasteiger partial charge in [-0.05, 0) is 67.4 Å². The van der Waals surface area contributed by atoms with E-state index in [0.29, 0.717) is 18.0 Å². The molecule has 0 saturated carbocycles. The Morgan fingerprint density at radius 3 is 2.43 bits per heavy atom. The first kappa shape index (κ1) is 21.7. The molecule has 0 aliphatic heterocycles. The van der Waals surface area contributed by atoms with Gasteiger partial charge in [-0.3, -0.25) is 4.79 Å². The number of halogens is 1. The molecule has 1 amide bonds. The SMILES string of the molecule is COc1cc(CNc2ccc(Br)cc2)ccc1OCC(=O)Nc1ccc(C)cc1C. The van der Waals surface area contributed by atoms with Crippen molar-refractivity contribution < 1.29 is 14.3 Å². The second kappa shape index (κ2) is 10.2. The number of rotatable bonds is 8. The molecule has 0 heterocycles. The summed E-state index contributed by atoms with van der Waals surface area (Å²) in [6.45, 7) is 4.53. The van der Waals surface area contributed by atoms with Crippen LogP contribution < -0.4 is 20.1 Å². The highest BCUT2D eigenvalue weighted by molar-refractivity contribution is 9.10. The standard InChI is InChI=1S/C24H25BrN2O3/c1-16-4-10-21(17(2)12-16)27-24(28)15-30-22-11-5-18(13-23(22)29-3)14-26-20-8-6-19(25)7-9-20/h4-13,26H,14-15H2,1-3H3,(H,27,28). The molecule has 0 atom stereocenters. The number of hydrogen-bond donors (Lipinski definition) is 2. The van der Waals surface area contributed by atoms with Gasteiger partial charge in [0.15, 0.2) is 18.1 Å². The van der Waals surface area contributed by atoms with E-state index in [9.17, 15) is 4.79 Å². The summed E-state index contributed by atoms with van der Waals surface area (Å²) in [6.07, 6.45) is 0. The van der Waals surface area contributed by atoms with Gasteiger partial charge in [0.05, 0.1) is 7.11 Å². The van der Waals surface area contributed by atoms with Crippen molar-refractivity contribution in [3.05, 3.63) is 81.8 Å². The summed E-state index contributed by atoms with van der Waals surface area (Å²) in [7, 11) is 1.59. The minimum atomic E-state index is -0.218. The molecule has 2 N–H and O–H groups in total. The molecule has 5 nitrogen and oxygen atoms in total. The molecule has 3 aromatic rings. The molecular weight excluding hydrogens is 444 g/mol. The maximum Gasteiger partial charge on any atom is 0.262 e. The highest BCUT2D eigenvalue weighted by Crippen LogP contribution is 2.28. The number of nitrogens with one attached hydrogen (secondary N) is 2. The van der Waals surface area contributed by atoms with Crippen LogP contribution in [0.4, 0.5) is 11.4 Å². The minimum Gasteiger partial charge on any atom is -0.493 e. The Balaban J connectivity index is 1.57. The van der Waals surface area contributed by atoms with Crippen LogP contribution in [0.5, 0.6) is 11.5 Å². The van der Waals surface area contributed by atoms with Crippen LogP contribution in [-0.4, -0.2) is 19.6 Å². The normalized spacial score (nSPS) is 10.4. The molecule has 156 valence electrons. The maximum absolute atomic E-state index is 12.3. The Labute approximate surface area is 185 Å². The smallest absolute Gasteiger partial charge is 0.262 e. The van der Waals surface area contributed by atoms with E-state index in [2.05, 4.69) is 26.6 Å². The van der Waals surface area contributed by atoms with Crippen molar-refractivity contribution in [1.29, 1.82) is 0 Å². The van der Waals surface area contributed by atoms with Gasteiger partial charge in [-0.2, -0.15) is 0 Å². The van der Waals surface area contributed by atoms with Gasteiger partial charge in [-0.1, -0.05) is 39.7 Å². The molecule has 0 saturated heterocycles. The quantitative estimate of drug-likeness (QED) is 0.444. The monoisotopic (exact) mass is 468 g/mol. The number of carbonyl (C=O) groups is 1. The average molecular weight is 469 g/mol. The van der Waals surface area contributed by atoms with Crippen LogP contribution >= 0.6 is 15.9 Å². The van der Waals surface area contributed by atoms with Crippen LogP contribution in [0.1, 0.15) is 16.7 Å². The molecule has 0 fully saturated rings. The van der Waals surface area contributed by atoms with E-state index in [0.717, 1.165) is 32.5 Å². The fourth-order valence-electron chi connectivity index (χ4n) is 3.00. The van der Waals surface area contributed by atoms with Gasteiger partial charge in [0.2, 0.25) is 0 Å². The Hall–Kier alpha value is -2.99. The van der Waals surface area contributed by atoms with Gasteiger partial charge in [0.25, 0.3) is 5.91 Å². The molecule has 0 bridgehead atoms. The maximum atomic E-state index is 12.3. The third kappa shape index (κ3) is 6.00. The van der Waals surface area contributed by atoms with Crippen LogP contribution in [0.2, 0.25) is 0 Å². The van der Waals surface area contributed by atoms with E-state index >= 15 is 0 Å². The van der Waals surface area contributed by atoms with Gasteiger partial charge in [0.1, 0.15) is 0 Å². The van der Waals surface area contributed by atoms with E-state index in [1.807, 2.05) is 74.5 Å². The lowest BCUT2D eigenvalue weighted by Gasteiger charge is -2.14. The van der Waals surface area contributed by atoms with Crippen molar-refractivity contribution in [2.24, 2.45) is 0 Å². The fraction of sp³-hybridized carbons (Fsp3) is 0.208. The zero-order chi connectivity index (χ0) is 21.5. The van der Waals surface area contributed by atoms with Crippen molar-refractivity contribution >= 4 is 33.2 Å². The summed E-state index contributed by atoms with van der Waals surface area (Å²) >= 11 is 3.43. The van der Waals surface area contributed by atoms with Crippen LogP contribution in [0.25, 0.3) is 0 Å². The molecule has 0 spiro atoms. The van der Waals surface area contributed by atoms with Crippen molar-refractivity contribution in [2.75, 3.05) is 24.4 Å². The van der Waals surface area contributed by atoms with Crippen molar-refractivity contribution in [3.8, 4) is 11.5 Å². The Morgan fingerprint density at radius 2 is 1.73 bits per heavy atom. The minimum absolute atomic E-state index is 0.0971. The van der Waals surface area contributed by atoms with E-state index in [1.165, 1.54) is 0 Å². The number of hydrogen-bond acceptors (Lipinski definition) is 4. The van der Waals surface area contributed by atoms with Crippen molar-refractivity contribution in [3.63, 3.8) is 0 Å². The lowest BCUT2D eigenvalue weighted by molar-refractivity contribution is -0.118. The molecule has 30 heavy (non-hydrogen) atoms. The molecule has 0 unspecified atom stereocenters.